The predicted molar refractivity (Wildman–Crippen MR) is 86.8 cm³/mol. The van der Waals surface area contributed by atoms with Gasteiger partial charge in [0.15, 0.2) is 0 Å². The largest absolute Gasteiger partial charge is 0.495 e. The van der Waals surface area contributed by atoms with Gasteiger partial charge < -0.3 is 10.1 Å². The Kier molecular flexibility index (Phi) is 4.73. The number of carbonyl (C=O) groups excluding carboxylic acids is 1. The normalized spacial score (nSPS) is 10.0. The van der Waals surface area contributed by atoms with Gasteiger partial charge in [-0.15, -0.1) is 0 Å². The summed E-state index contributed by atoms with van der Waals surface area (Å²) in [6, 6.07) is 11.1. The molecule has 2 aromatic rings. The summed E-state index contributed by atoms with van der Waals surface area (Å²) in [6.07, 6.45) is 0. The lowest BCUT2D eigenvalue weighted by Gasteiger charge is -2.10. The Morgan fingerprint density at radius 3 is 2.62 bits per heavy atom. The van der Waals surface area contributed by atoms with Crippen LogP contribution in [0.4, 0.5) is 11.4 Å². The molecule has 6 nitrogen and oxygen atoms in total. The number of amides is 1. The molecule has 0 radical (unpaired) electrons. The zero-order chi connectivity index (χ0) is 15.4. The Morgan fingerprint density at radius 1 is 1.29 bits per heavy atom. The second kappa shape index (κ2) is 6.53. The van der Waals surface area contributed by atoms with Gasteiger partial charge in [-0.1, -0.05) is 12.1 Å². The van der Waals surface area contributed by atoms with Crippen LogP contribution in [-0.2, 0) is 0 Å². The van der Waals surface area contributed by atoms with Crippen LogP contribution in [0.15, 0.2) is 42.5 Å². The minimum atomic E-state index is -0.526. The molecular formula is C14H11IN2O4. The van der Waals surface area contributed by atoms with Crippen molar-refractivity contribution in [1.82, 2.24) is 0 Å². The number of halogens is 1. The van der Waals surface area contributed by atoms with Gasteiger partial charge in [0.1, 0.15) is 5.75 Å². The predicted octanol–water partition coefficient (Wildman–Crippen LogP) is 3.46. The van der Waals surface area contributed by atoms with E-state index in [0.717, 1.165) is 3.57 Å². The molecule has 7 heteroatoms. The molecule has 0 unspecified atom stereocenters. The molecule has 0 aromatic heterocycles. The van der Waals surface area contributed by atoms with E-state index in [1.165, 1.54) is 25.3 Å². The molecule has 0 aliphatic rings. The number of rotatable bonds is 4. The van der Waals surface area contributed by atoms with Crippen molar-refractivity contribution in [2.24, 2.45) is 0 Å². The summed E-state index contributed by atoms with van der Waals surface area (Å²) in [4.78, 5) is 22.5. The number of methoxy groups -OCH3 is 1. The third-order valence-electron chi connectivity index (χ3n) is 2.76. The van der Waals surface area contributed by atoms with Gasteiger partial charge in [-0.3, -0.25) is 14.9 Å². The van der Waals surface area contributed by atoms with E-state index in [1.807, 2.05) is 6.07 Å². The van der Waals surface area contributed by atoms with Crippen molar-refractivity contribution in [3.63, 3.8) is 0 Å². The first-order chi connectivity index (χ1) is 10.0. The van der Waals surface area contributed by atoms with Gasteiger partial charge >= 0.3 is 0 Å². The van der Waals surface area contributed by atoms with Crippen LogP contribution < -0.4 is 10.1 Å². The molecule has 0 bridgehead atoms. The Morgan fingerprint density at radius 2 is 2.00 bits per heavy atom. The van der Waals surface area contributed by atoms with Crippen molar-refractivity contribution in [1.29, 1.82) is 0 Å². The lowest BCUT2D eigenvalue weighted by Crippen LogP contribution is -2.14. The minimum absolute atomic E-state index is 0.117. The number of ether oxygens (including phenoxy) is 1. The quantitative estimate of drug-likeness (QED) is 0.486. The number of nitro groups is 1. The lowest BCUT2D eigenvalue weighted by atomic mass is 10.2. The molecule has 0 heterocycles. The fourth-order valence-electron chi connectivity index (χ4n) is 1.74. The van der Waals surface area contributed by atoms with Crippen LogP contribution >= 0.6 is 22.6 Å². The van der Waals surface area contributed by atoms with Gasteiger partial charge in [0, 0.05) is 15.7 Å². The summed E-state index contributed by atoms with van der Waals surface area (Å²) < 4.78 is 5.90. The number of carbonyl (C=O) groups is 1. The van der Waals surface area contributed by atoms with E-state index in [1.54, 1.807) is 18.2 Å². The molecule has 1 N–H and O–H groups in total. The lowest BCUT2D eigenvalue weighted by molar-refractivity contribution is -0.384. The number of hydrogen-bond acceptors (Lipinski definition) is 4. The molecule has 1 amide bonds. The van der Waals surface area contributed by atoms with Crippen LogP contribution in [0.5, 0.6) is 5.75 Å². The van der Waals surface area contributed by atoms with Crippen LogP contribution in [0.3, 0.4) is 0 Å². The van der Waals surface area contributed by atoms with E-state index in [2.05, 4.69) is 27.9 Å². The first-order valence-corrected chi connectivity index (χ1v) is 6.99. The van der Waals surface area contributed by atoms with Crippen molar-refractivity contribution in [2.75, 3.05) is 12.4 Å². The monoisotopic (exact) mass is 398 g/mol. The standard InChI is InChI=1S/C14H11IN2O4/c1-21-13-7-6-9(17(19)20)8-12(13)16-14(18)10-4-2-3-5-11(10)15/h2-8H,1H3,(H,16,18). The van der Waals surface area contributed by atoms with E-state index in [4.69, 9.17) is 4.74 Å². The highest BCUT2D eigenvalue weighted by Crippen LogP contribution is 2.29. The number of benzene rings is 2. The molecule has 0 fully saturated rings. The first-order valence-electron chi connectivity index (χ1n) is 5.91. The molecular weight excluding hydrogens is 387 g/mol. The Labute approximate surface area is 134 Å². The number of nitro benzene ring substituents is 1. The summed E-state index contributed by atoms with van der Waals surface area (Å²) in [7, 11) is 1.43. The minimum Gasteiger partial charge on any atom is -0.495 e. The Balaban J connectivity index is 2.34. The van der Waals surface area contributed by atoms with E-state index in [9.17, 15) is 14.9 Å². The summed E-state index contributed by atoms with van der Waals surface area (Å²) >= 11 is 2.05. The highest BCUT2D eigenvalue weighted by molar-refractivity contribution is 14.1. The molecule has 0 aliphatic heterocycles. The topological polar surface area (TPSA) is 81.5 Å². The van der Waals surface area contributed by atoms with E-state index in [0.29, 0.717) is 11.3 Å². The number of non-ortho nitro benzene ring substituents is 1. The highest BCUT2D eigenvalue weighted by atomic mass is 127. The maximum Gasteiger partial charge on any atom is 0.271 e. The molecule has 21 heavy (non-hydrogen) atoms. The van der Waals surface area contributed by atoms with Gasteiger partial charge in [-0.25, -0.2) is 0 Å². The zero-order valence-electron chi connectivity index (χ0n) is 11.0. The molecule has 0 saturated carbocycles. The zero-order valence-corrected chi connectivity index (χ0v) is 13.2. The average molecular weight is 398 g/mol. The van der Waals surface area contributed by atoms with Crippen molar-refractivity contribution in [3.05, 3.63) is 61.7 Å². The van der Waals surface area contributed by atoms with Gasteiger partial charge in [-0.05, 0) is 40.8 Å². The fourth-order valence-corrected chi connectivity index (χ4v) is 2.37. The average Bonchev–Trinajstić information content (AvgIpc) is 2.47. The number of hydrogen-bond donors (Lipinski definition) is 1. The van der Waals surface area contributed by atoms with Crippen molar-refractivity contribution in [3.8, 4) is 5.75 Å². The summed E-state index contributed by atoms with van der Waals surface area (Å²) in [6.45, 7) is 0. The summed E-state index contributed by atoms with van der Waals surface area (Å²) in [5.74, 6) is 0.0127. The molecule has 0 aliphatic carbocycles. The second-order valence-corrected chi connectivity index (χ2v) is 5.24. The Bertz CT molecular complexity index is 703. The fraction of sp³-hybridized carbons (Fsp3) is 0.0714. The summed E-state index contributed by atoms with van der Waals surface area (Å²) in [5, 5.41) is 13.5. The van der Waals surface area contributed by atoms with Gasteiger partial charge in [0.05, 0.1) is 23.3 Å². The SMILES string of the molecule is COc1ccc([N+](=O)[O-])cc1NC(=O)c1ccccc1I. The van der Waals surface area contributed by atoms with Crippen LogP contribution in [0.25, 0.3) is 0 Å². The molecule has 0 spiro atoms. The van der Waals surface area contributed by atoms with Gasteiger partial charge in [0.2, 0.25) is 0 Å². The molecule has 108 valence electrons. The van der Waals surface area contributed by atoms with E-state index < -0.39 is 4.92 Å². The summed E-state index contributed by atoms with van der Waals surface area (Å²) in [5.41, 5.74) is 0.636. The molecule has 2 rings (SSSR count). The molecule has 2 aromatic carbocycles. The number of nitrogens with zero attached hydrogens (tertiary/aromatic N) is 1. The second-order valence-electron chi connectivity index (χ2n) is 4.08. The van der Waals surface area contributed by atoms with Crippen LogP contribution in [0, 0.1) is 13.7 Å². The third kappa shape index (κ3) is 3.48. The Hall–Kier alpha value is -2.16. The van der Waals surface area contributed by atoms with E-state index in [-0.39, 0.29) is 17.3 Å². The van der Waals surface area contributed by atoms with Crippen molar-refractivity contribution >= 4 is 39.9 Å². The van der Waals surface area contributed by atoms with Crippen molar-refractivity contribution in [2.45, 2.75) is 0 Å². The van der Waals surface area contributed by atoms with E-state index >= 15 is 0 Å². The molecule has 0 saturated heterocycles. The van der Waals surface area contributed by atoms with Gasteiger partial charge in [0.25, 0.3) is 11.6 Å². The van der Waals surface area contributed by atoms with Crippen LogP contribution in [0.2, 0.25) is 0 Å². The van der Waals surface area contributed by atoms with Crippen LogP contribution in [-0.4, -0.2) is 17.9 Å². The van der Waals surface area contributed by atoms with Crippen LogP contribution in [0.1, 0.15) is 10.4 Å². The first kappa shape index (κ1) is 15.2. The third-order valence-corrected chi connectivity index (χ3v) is 3.70. The maximum absolute atomic E-state index is 12.2. The molecule has 0 atom stereocenters. The number of anilines is 1. The van der Waals surface area contributed by atoms with Gasteiger partial charge in [-0.2, -0.15) is 0 Å². The van der Waals surface area contributed by atoms with Crippen molar-refractivity contribution < 1.29 is 14.5 Å². The smallest absolute Gasteiger partial charge is 0.271 e. The number of nitrogens with one attached hydrogen (secondary N) is 1. The maximum atomic E-state index is 12.2. The highest BCUT2D eigenvalue weighted by Gasteiger charge is 2.15.